The van der Waals surface area contributed by atoms with Gasteiger partial charge in [0.05, 0.1) is 5.56 Å². The van der Waals surface area contributed by atoms with Crippen LogP contribution in [-0.2, 0) is 0 Å². The summed E-state index contributed by atoms with van der Waals surface area (Å²) >= 11 is 0. The molecule has 0 radical (unpaired) electrons. The van der Waals surface area contributed by atoms with Crippen LogP contribution in [0.5, 0.6) is 11.5 Å². The van der Waals surface area contributed by atoms with Crippen molar-refractivity contribution in [2.75, 3.05) is 24.5 Å². The quantitative estimate of drug-likeness (QED) is 0.906. The Morgan fingerprint density at radius 3 is 2.90 bits per heavy atom. The molecule has 21 heavy (non-hydrogen) atoms. The smallest absolute Gasteiger partial charge is 0.258 e. The Morgan fingerprint density at radius 1 is 1.29 bits per heavy atom. The van der Waals surface area contributed by atoms with Gasteiger partial charge in [0.25, 0.3) is 5.91 Å². The van der Waals surface area contributed by atoms with E-state index in [1.165, 1.54) is 19.3 Å². The number of amides is 1. The molecular weight excluding hydrogens is 277 g/mol. The Bertz CT molecular complexity index is 706. The van der Waals surface area contributed by atoms with E-state index in [9.17, 15) is 9.18 Å². The maximum Gasteiger partial charge on any atom is 0.258 e. The van der Waals surface area contributed by atoms with Gasteiger partial charge in [-0.1, -0.05) is 0 Å². The van der Waals surface area contributed by atoms with Crippen molar-refractivity contribution in [3.8, 4) is 11.5 Å². The van der Waals surface area contributed by atoms with E-state index in [-0.39, 0.29) is 18.2 Å². The minimum absolute atomic E-state index is 0.0216. The third kappa shape index (κ3) is 2.45. The van der Waals surface area contributed by atoms with Crippen molar-refractivity contribution in [3.05, 3.63) is 41.8 Å². The SMILES string of the molecule is CNc1nccc(C(=O)Nc2ccc3c(c2)OCO3)c1F. The van der Waals surface area contributed by atoms with E-state index in [1.807, 2.05) is 0 Å². The van der Waals surface area contributed by atoms with Crippen LogP contribution in [0.25, 0.3) is 0 Å². The predicted molar refractivity (Wildman–Crippen MR) is 74.3 cm³/mol. The number of ether oxygens (including phenoxy) is 2. The number of nitrogens with one attached hydrogen (secondary N) is 2. The fraction of sp³-hybridized carbons (Fsp3) is 0.143. The number of halogens is 1. The molecule has 3 rings (SSSR count). The second-order valence-corrected chi connectivity index (χ2v) is 4.29. The van der Waals surface area contributed by atoms with Gasteiger partial charge < -0.3 is 20.1 Å². The monoisotopic (exact) mass is 289 g/mol. The highest BCUT2D eigenvalue weighted by atomic mass is 19.1. The third-order valence-corrected chi connectivity index (χ3v) is 3.00. The van der Waals surface area contributed by atoms with Gasteiger partial charge in [-0.15, -0.1) is 0 Å². The average Bonchev–Trinajstić information content (AvgIpc) is 2.95. The zero-order valence-electron chi connectivity index (χ0n) is 11.1. The Kier molecular flexibility index (Phi) is 3.31. The molecule has 0 spiro atoms. The van der Waals surface area contributed by atoms with E-state index in [2.05, 4.69) is 15.6 Å². The van der Waals surface area contributed by atoms with Crippen LogP contribution in [-0.4, -0.2) is 24.7 Å². The molecule has 2 N–H and O–H groups in total. The highest BCUT2D eigenvalue weighted by molar-refractivity contribution is 6.05. The van der Waals surface area contributed by atoms with Crippen molar-refractivity contribution in [3.63, 3.8) is 0 Å². The van der Waals surface area contributed by atoms with E-state index < -0.39 is 11.7 Å². The molecular formula is C14H12FN3O3. The Hall–Kier alpha value is -2.83. The van der Waals surface area contributed by atoms with E-state index >= 15 is 0 Å². The minimum Gasteiger partial charge on any atom is -0.454 e. The zero-order valence-corrected chi connectivity index (χ0v) is 11.1. The van der Waals surface area contributed by atoms with Crippen LogP contribution in [0.3, 0.4) is 0 Å². The van der Waals surface area contributed by atoms with Crippen molar-refractivity contribution in [2.24, 2.45) is 0 Å². The Morgan fingerprint density at radius 2 is 2.10 bits per heavy atom. The van der Waals surface area contributed by atoms with Crippen molar-refractivity contribution in [2.45, 2.75) is 0 Å². The Labute approximate surface area is 119 Å². The molecule has 0 bridgehead atoms. The topological polar surface area (TPSA) is 72.5 Å². The molecule has 0 aliphatic carbocycles. The molecule has 1 amide bonds. The maximum atomic E-state index is 14.0. The van der Waals surface area contributed by atoms with Crippen LogP contribution < -0.4 is 20.1 Å². The lowest BCUT2D eigenvalue weighted by atomic mass is 10.2. The lowest BCUT2D eigenvalue weighted by Gasteiger charge is -2.08. The Balaban J connectivity index is 1.83. The normalized spacial score (nSPS) is 12.1. The van der Waals surface area contributed by atoms with Gasteiger partial charge in [-0.05, 0) is 18.2 Å². The molecule has 6 nitrogen and oxygen atoms in total. The number of hydrogen-bond donors (Lipinski definition) is 2. The molecule has 1 aromatic heterocycles. The first-order valence-electron chi connectivity index (χ1n) is 6.22. The van der Waals surface area contributed by atoms with Gasteiger partial charge in [-0.25, -0.2) is 9.37 Å². The summed E-state index contributed by atoms with van der Waals surface area (Å²) in [4.78, 5) is 15.9. The van der Waals surface area contributed by atoms with Gasteiger partial charge >= 0.3 is 0 Å². The van der Waals surface area contributed by atoms with Crippen molar-refractivity contribution in [1.29, 1.82) is 0 Å². The first-order valence-corrected chi connectivity index (χ1v) is 6.22. The number of benzene rings is 1. The van der Waals surface area contributed by atoms with Crippen molar-refractivity contribution >= 4 is 17.4 Å². The standard InChI is InChI=1S/C14H12FN3O3/c1-16-13-12(15)9(4-5-17-13)14(19)18-8-2-3-10-11(6-8)21-7-20-10/h2-6H,7H2,1H3,(H,16,17)(H,18,19). The average molecular weight is 289 g/mol. The second-order valence-electron chi connectivity index (χ2n) is 4.29. The second kappa shape index (κ2) is 5.28. The first-order chi connectivity index (χ1) is 10.2. The van der Waals surface area contributed by atoms with E-state index in [0.29, 0.717) is 17.2 Å². The number of anilines is 2. The van der Waals surface area contributed by atoms with Crippen LogP contribution in [0.4, 0.5) is 15.9 Å². The number of hydrogen-bond acceptors (Lipinski definition) is 5. The molecule has 0 fully saturated rings. The van der Waals surface area contributed by atoms with E-state index in [0.717, 1.165) is 0 Å². The van der Waals surface area contributed by atoms with Gasteiger partial charge in [0, 0.05) is 25.0 Å². The van der Waals surface area contributed by atoms with E-state index in [1.54, 1.807) is 18.2 Å². The van der Waals surface area contributed by atoms with Crippen LogP contribution in [0.2, 0.25) is 0 Å². The molecule has 0 saturated carbocycles. The molecule has 2 aromatic rings. The van der Waals surface area contributed by atoms with Gasteiger partial charge in [-0.3, -0.25) is 4.79 Å². The maximum absolute atomic E-state index is 14.0. The summed E-state index contributed by atoms with van der Waals surface area (Å²) in [5, 5.41) is 5.20. The molecule has 0 atom stereocenters. The van der Waals surface area contributed by atoms with Crippen LogP contribution >= 0.6 is 0 Å². The number of aromatic nitrogens is 1. The third-order valence-electron chi connectivity index (χ3n) is 3.00. The summed E-state index contributed by atoms with van der Waals surface area (Å²) in [6, 6.07) is 6.28. The number of carbonyl (C=O) groups is 1. The number of rotatable bonds is 3. The van der Waals surface area contributed by atoms with Gasteiger partial charge in [0.2, 0.25) is 6.79 Å². The van der Waals surface area contributed by atoms with Gasteiger partial charge in [-0.2, -0.15) is 0 Å². The van der Waals surface area contributed by atoms with Crippen molar-refractivity contribution < 1.29 is 18.7 Å². The summed E-state index contributed by atoms with van der Waals surface area (Å²) in [6.45, 7) is 0.150. The minimum atomic E-state index is -0.696. The molecule has 1 aliphatic rings. The molecule has 2 heterocycles. The highest BCUT2D eigenvalue weighted by Crippen LogP contribution is 2.34. The number of carbonyl (C=O) groups excluding carboxylic acids is 1. The van der Waals surface area contributed by atoms with Crippen molar-refractivity contribution in [1.82, 2.24) is 4.98 Å². The summed E-state index contributed by atoms with van der Waals surface area (Å²) in [5.74, 6) is -0.0867. The number of fused-ring (bicyclic) bond motifs is 1. The summed E-state index contributed by atoms with van der Waals surface area (Å²) < 4.78 is 24.4. The zero-order chi connectivity index (χ0) is 14.8. The number of nitrogens with zero attached hydrogens (tertiary/aromatic N) is 1. The molecule has 1 aromatic carbocycles. The first kappa shape index (κ1) is 13.2. The van der Waals surface area contributed by atoms with Gasteiger partial charge in [0.15, 0.2) is 23.1 Å². The van der Waals surface area contributed by atoms with Crippen LogP contribution in [0, 0.1) is 5.82 Å². The summed E-state index contributed by atoms with van der Waals surface area (Å²) in [6.07, 6.45) is 1.36. The van der Waals surface area contributed by atoms with Gasteiger partial charge in [0.1, 0.15) is 0 Å². The lowest BCUT2D eigenvalue weighted by Crippen LogP contribution is -2.15. The highest BCUT2D eigenvalue weighted by Gasteiger charge is 2.18. The lowest BCUT2D eigenvalue weighted by molar-refractivity contribution is 0.102. The molecule has 108 valence electrons. The fourth-order valence-electron chi connectivity index (χ4n) is 1.97. The van der Waals surface area contributed by atoms with Crippen LogP contribution in [0.1, 0.15) is 10.4 Å². The van der Waals surface area contributed by atoms with Crippen LogP contribution in [0.15, 0.2) is 30.5 Å². The largest absolute Gasteiger partial charge is 0.454 e. The molecule has 0 saturated heterocycles. The number of pyridine rings is 1. The predicted octanol–water partition coefficient (Wildman–Crippen LogP) is 2.24. The molecule has 1 aliphatic heterocycles. The fourth-order valence-corrected chi connectivity index (χ4v) is 1.97. The van der Waals surface area contributed by atoms with E-state index in [4.69, 9.17) is 9.47 Å². The molecule has 0 unspecified atom stereocenters. The summed E-state index contributed by atoms with van der Waals surface area (Å²) in [7, 11) is 1.53. The molecule has 7 heteroatoms. The summed E-state index contributed by atoms with van der Waals surface area (Å²) in [5.41, 5.74) is 0.401.